The maximum Gasteiger partial charge on any atom is 0.356 e. The number of amides is 1. The van der Waals surface area contributed by atoms with Gasteiger partial charge in [0.05, 0.1) is 25.4 Å². The fourth-order valence-electron chi connectivity index (χ4n) is 5.15. The molecule has 0 saturated carbocycles. The average molecular weight is 531 g/mol. The molecule has 2 heterocycles. The summed E-state index contributed by atoms with van der Waals surface area (Å²) >= 11 is 6.16. The molecule has 0 aliphatic carbocycles. The molecule has 1 aromatic heterocycles. The molecule has 0 spiro atoms. The molecule has 1 atom stereocenters. The molecular weight excluding hydrogens is 500 g/mol. The molecule has 3 aromatic carbocycles. The Morgan fingerprint density at radius 3 is 2.34 bits per heavy atom. The Kier molecular flexibility index (Phi) is 7.79. The Morgan fingerprint density at radius 1 is 0.974 bits per heavy atom. The maximum absolute atomic E-state index is 13.1. The summed E-state index contributed by atoms with van der Waals surface area (Å²) in [5.41, 5.74) is 4.94. The number of nitrogens with one attached hydrogen (secondary N) is 2. The van der Waals surface area contributed by atoms with Gasteiger partial charge in [-0.1, -0.05) is 65.7 Å². The Balaban J connectivity index is 1.28. The number of piperazine rings is 1. The SMILES string of the molecule is COC(=O)c1[nH]c2ccc(C)cc2c1NC(=O)CN1CCN(C(c2ccccc2)c2ccc(Cl)cc2)CC1. The van der Waals surface area contributed by atoms with Gasteiger partial charge in [-0.15, -0.1) is 0 Å². The van der Waals surface area contributed by atoms with Crippen LogP contribution in [0.1, 0.15) is 33.2 Å². The number of hydrogen-bond donors (Lipinski definition) is 2. The van der Waals surface area contributed by atoms with Gasteiger partial charge in [-0.05, 0) is 42.3 Å². The number of halogens is 1. The number of ether oxygens (including phenoxy) is 1. The number of nitrogens with zero attached hydrogens (tertiary/aromatic N) is 2. The zero-order valence-corrected chi connectivity index (χ0v) is 22.3. The van der Waals surface area contributed by atoms with Gasteiger partial charge in [-0.3, -0.25) is 14.6 Å². The van der Waals surface area contributed by atoms with Crippen LogP contribution in [-0.4, -0.2) is 66.5 Å². The number of rotatable bonds is 7. The fraction of sp³-hybridized carbons (Fsp3) is 0.267. The first-order chi connectivity index (χ1) is 18.4. The van der Waals surface area contributed by atoms with Crippen molar-refractivity contribution in [3.8, 4) is 0 Å². The van der Waals surface area contributed by atoms with Crippen LogP contribution in [0.5, 0.6) is 0 Å². The van der Waals surface area contributed by atoms with Crippen molar-refractivity contribution in [1.29, 1.82) is 0 Å². The number of benzene rings is 3. The van der Waals surface area contributed by atoms with Crippen molar-refractivity contribution in [3.63, 3.8) is 0 Å². The lowest BCUT2D eigenvalue weighted by Gasteiger charge is -2.39. The van der Waals surface area contributed by atoms with Crippen molar-refractivity contribution in [2.75, 3.05) is 45.2 Å². The highest BCUT2D eigenvalue weighted by Gasteiger charge is 2.28. The number of hydrogen-bond acceptors (Lipinski definition) is 5. The van der Waals surface area contributed by atoms with E-state index in [1.165, 1.54) is 18.2 Å². The third-order valence-corrected chi connectivity index (χ3v) is 7.30. The minimum Gasteiger partial charge on any atom is -0.464 e. The molecule has 1 unspecified atom stereocenters. The summed E-state index contributed by atoms with van der Waals surface area (Å²) in [5, 5.41) is 4.48. The van der Waals surface area contributed by atoms with Crippen molar-refractivity contribution >= 4 is 40.1 Å². The standard InChI is InChI=1S/C30H31ClN4O3/c1-20-8-13-25-24(18-20)27(28(32-25)30(37)38-2)33-26(36)19-34-14-16-35(17-15-34)29(21-6-4-3-5-7-21)22-9-11-23(31)12-10-22/h3-13,18,29,32H,14-17,19H2,1-2H3,(H,33,36). The minimum atomic E-state index is -0.517. The number of fused-ring (bicyclic) bond motifs is 1. The number of methoxy groups -OCH3 is 1. The quantitative estimate of drug-likeness (QED) is 0.319. The van der Waals surface area contributed by atoms with Crippen LogP contribution in [0.4, 0.5) is 5.69 Å². The van der Waals surface area contributed by atoms with Gasteiger partial charge in [0.25, 0.3) is 0 Å². The zero-order valence-electron chi connectivity index (χ0n) is 21.5. The van der Waals surface area contributed by atoms with Gasteiger partial charge < -0.3 is 15.0 Å². The van der Waals surface area contributed by atoms with Crippen LogP contribution in [-0.2, 0) is 9.53 Å². The summed E-state index contributed by atoms with van der Waals surface area (Å²) in [4.78, 5) is 33.2. The van der Waals surface area contributed by atoms with E-state index in [-0.39, 0.29) is 24.2 Å². The highest BCUT2D eigenvalue weighted by atomic mass is 35.5. The van der Waals surface area contributed by atoms with E-state index < -0.39 is 5.97 Å². The number of carbonyl (C=O) groups is 2. The molecule has 0 radical (unpaired) electrons. The fourth-order valence-corrected chi connectivity index (χ4v) is 5.27. The van der Waals surface area contributed by atoms with Crippen molar-refractivity contribution < 1.29 is 14.3 Å². The molecule has 8 heteroatoms. The first kappa shape index (κ1) is 26.0. The second-order valence-corrected chi connectivity index (χ2v) is 10.1. The average Bonchev–Trinajstić information content (AvgIpc) is 3.28. The lowest BCUT2D eigenvalue weighted by atomic mass is 9.96. The van der Waals surface area contributed by atoms with Crippen molar-refractivity contribution in [3.05, 3.63) is 100 Å². The number of aromatic amines is 1. The van der Waals surface area contributed by atoms with Crippen LogP contribution in [0.25, 0.3) is 10.9 Å². The van der Waals surface area contributed by atoms with Crippen molar-refractivity contribution in [2.24, 2.45) is 0 Å². The second kappa shape index (κ2) is 11.4. The van der Waals surface area contributed by atoms with Crippen LogP contribution < -0.4 is 5.32 Å². The van der Waals surface area contributed by atoms with E-state index in [0.29, 0.717) is 5.69 Å². The monoisotopic (exact) mass is 530 g/mol. The lowest BCUT2D eigenvalue weighted by molar-refractivity contribution is -0.117. The van der Waals surface area contributed by atoms with Gasteiger partial charge in [0, 0.05) is 42.1 Å². The largest absolute Gasteiger partial charge is 0.464 e. The summed E-state index contributed by atoms with van der Waals surface area (Å²) in [6.07, 6.45) is 0. The summed E-state index contributed by atoms with van der Waals surface area (Å²) in [7, 11) is 1.33. The van der Waals surface area contributed by atoms with Gasteiger partial charge in [0.2, 0.25) is 5.91 Å². The predicted molar refractivity (Wildman–Crippen MR) is 151 cm³/mol. The molecule has 1 saturated heterocycles. The number of carbonyl (C=O) groups excluding carboxylic acids is 2. The molecule has 7 nitrogen and oxygen atoms in total. The van der Waals surface area contributed by atoms with Crippen LogP contribution >= 0.6 is 11.6 Å². The smallest absolute Gasteiger partial charge is 0.356 e. The molecule has 4 aromatic rings. The molecule has 1 aliphatic heterocycles. The lowest BCUT2D eigenvalue weighted by Crippen LogP contribution is -2.49. The third-order valence-electron chi connectivity index (χ3n) is 7.05. The van der Waals surface area contributed by atoms with E-state index in [2.05, 4.69) is 56.5 Å². The molecule has 38 heavy (non-hydrogen) atoms. The number of aromatic nitrogens is 1. The van der Waals surface area contributed by atoms with E-state index in [0.717, 1.165) is 47.7 Å². The number of H-pyrrole nitrogens is 1. The summed E-state index contributed by atoms with van der Waals surface area (Å²) in [6, 6.07) is 24.4. The Morgan fingerprint density at radius 2 is 1.66 bits per heavy atom. The highest BCUT2D eigenvalue weighted by molar-refractivity contribution is 6.30. The van der Waals surface area contributed by atoms with E-state index in [1.54, 1.807) is 0 Å². The van der Waals surface area contributed by atoms with Gasteiger partial charge in [0.15, 0.2) is 0 Å². The maximum atomic E-state index is 13.1. The van der Waals surface area contributed by atoms with E-state index >= 15 is 0 Å². The van der Waals surface area contributed by atoms with Gasteiger partial charge >= 0.3 is 5.97 Å². The van der Waals surface area contributed by atoms with E-state index in [9.17, 15) is 9.59 Å². The zero-order chi connectivity index (χ0) is 26.6. The molecule has 1 amide bonds. The number of anilines is 1. The summed E-state index contributed by atoms with van der Waals surface area (Å²) in [6.45, 7) is 5.35. The molecule has 1 aliphatic rings. The van der Waals surface area contributed by atoms with Crippen LogP contribution in [0.2, 0.25) is 5.02 Å². The predicted octanol–water partition coefficient (Wildman–Crippen LogP) is 5.26. The molecule has 5 rings (SSSR count). The second-order valence-electron chi connectivity index (χ2n) is 9.64. The third kappa shape index (κ3) is 5.60. The Bertz CT molecular complexity index is 1430. The van der Waals surface area contributed by atoms with Gasteiger partial charge in [0.1, 0.15) is 5.69 Å². The molecule has 0 bridgehead atoms. The first-order valence-electron chi connectivity index (χ1n) is 12.7. The molecular formula is C30H31ClN4O3. The number of aryl methyl sites for hydroxylation is 1. The summed E-state index contributed by atoms with van der Waals surface area (Å²) < 4.78 is 4.94. The Labute approximate surface area is 227 Å². The molecule has 2 N–H and O–H groups in total. The van der Waals surface area contributed by atoms with Crippen LogP contribution in [0, 0.1) is 6.92 Å². The van der Waals surface area contributed by atoms with Gasteiger partial charge in [-0.25, -0.2) is 4.79 Å². The number of esters is 1. The van der Waals surface area contributed by atoms with Crippen molar-refractivity contribution in [1.82, 2.24) is 14.8 Å². The highest BCUT2D eigenvalue weighted by Crippen LogP contribution is 2.31. The minimum absolute atomic E-state index is 0.113. The Hall–Kier alpha value is -3.65. The van der Waals surface area contributed by atoms with Gasteiger partial charge in [-0.2, -0.15) is 0 Å². The van der Waals surface area contributed by atoms with Crippen LogP contribution in [0.3, 0.4) is 0 Å². The first-order valence-corrected chi connectivity index (χ1v) is 13.1. The topological polar surface area (TPSA) is 77.7 Å². The van der Waals surface area contributed by atoms with E-state index in [1.807, 2.05) is 43.3 Å². The van der Waals surface area contributed by atoms with Crippen LogP contribution in [0.15, 0.2) is 72.8 Å². The van der Waals surface area contributed by atoms with Crippen molar-refractivity contribution in [2.45, 2.75) is 13.0 Å². The summed E-state index contributed by atoms with van der Waals surface area (Å²) in [5.74, 6) is -0.680. The molecule has 196 valence electrons. The van der Waals surface area contributed by atoms with E-state index in [4.69, 9.17) is 16.3 Å². The molecule has 1 fully saturated rings. The normalized spacial score (nSPS) is 15.3.